The predicted octanol–water partition coefficient (Wildman–Crippen LogP) is 3.67. The molecule has 4 heteroatoms. The fourth-order valence-corrected chi connectivity index (χ4v) is 2.62. The minimum absolute atomic E-state index is 0.131. The number of methoxy groups -OCH3 is 1. The zero-order valence-corrected chi connectivity index (χ0v) is 12.1. The van der Waals surface area contributed by atoms with Crippen molar-refractivity contribution in [2.75, 3.05) is 7.11 Å². The summed E-state index contributed by atoms with van der Waals surface area (Å²) < 4.78 is 24.9. The van der Waals surface area contributed by atoms with Crippen LogP contribution in [0.15, 0.2) is 36.4 Å². The van der Waals surface area contributed by atoms with Crippen molar-refractivity contribution < 1.29 is 13.9 Å². The van der Waals surface area contributed by atoms with E-state index in [-0.39, 0.29) is 18.0 Å². The SMILES string of the molecule is COc1ccc2c(c1)OC(c1ccc(C)c(F)c1)CC2N. The minimum Gasteiger partial charge on any atom is -0.497 e. The van der Waals surface area contributed by atoms with E-state index >= 15 is 0 Å². The molecule has 3 rings (SSSR count). The number of aryl methyl sites for hydroxylation is 1. The molecule has 110 valence electrons. The molecule has 0 saturated carbocycles. The summed E-state index contributed by atoms with van der Waals surface area (Å²) in [6, 6.07) is 10.7. The lowest BCUT2D eigenvalue weighted by molar-refractivity contribution is 0.160. The normalized spacial score (nSPS) is 20.6. The van der Waals surface area contributed by atoms with Gasteiger partial charge in [-0.1, -0.05) is 18.2 Å². The molecule has 1 heterocycles. The Kier molecular flexibility index (Phi) is 3.55. The van der Waals surface area contributed by atoms with E-state index in [2.05, 4.69) is 0 Å². The van der Waals surface area contributed by atoms with Gasteiger partial charge in [0.15, 0.2) is 0 Å². The minimum atomic E-state index is -0.241. The Labute approximate surface area is 123 Å². The fraction of sp³-hybridized carbons (Fsp3) is 0.294. The van der Waals surface area contributed by atoms with Gasteiger partial charge in [0.05, 0.1) is 7.11 Å². The molecule has 21 heavy (non-hydrogen) atoms. The molecule has 0 aromatic heterocycles. The molecule has 2 aromatic rings. The molecule has 0 aliphatic carbocycles. The molecule has 3 nitrogen and oxygen atoms in total. The highest BCUT2D eigenvalue weighted by Crippen LogP contribution is 2.41. The van der Waals surface area contributed by atoms with Gasteiger partial charge in [-0.2, -0.15) is 0 Å². The lowest BCUT2D eigenvalue weighted by Crippen LogP contribution is -2.24. The Bertz CT molecular complexity index is 672. The average molecular weight is 287 g/mol. The first-order valence-electron chi connectivity index (χ1n) is 6.94. The fourth-order valence-electron chi connectivity index (χ4n) is 2.62. The maximum Gasteiger partial charge on any atom is 0.128 e. The van der Waals surface area contributed by atoms with Crippen LogP contribution in [0, 0.1) is 12.7 Å². The van der Waals surface area contributed by atoms with Gasteiger partial charge in [0.1, 0.15) is 23.4 Å². The first kappa shape index (κ1) is 13.9. The second-order valence-electron chi connectivity index (χ2n) is 5.36. The highest BCUT2D eigenvalue weighted by Gasteiger charge is 2.27. The molecule has 1 aliphatic heterocycles. The summed E-state index contributed by atoms with van der Waals surface area (Å²) >= 11 is 0. The first-order valence-corrected chi connectivity index (χ1v) is 6.94. The smallest absolute Gasteiger partial charge is 0.128 e. The number of rotatable bonds is 2. The van der Waals surface area contributed by atoms with Gasteiger partial charge in [0, 0.05) is 24.1 Å². The number of ether oxygens (including phenoxy) is 2. The lowest BCUT2D eigenvalue weighted by atomic mass is 9.93. The summed E-state index contributed by atoms with van der Waals surface area (Å²) in [6.07, 6.45) is 0.386. The van der Waals surface area contributed by atoms with Crippen molar-refractivity contribution in [2.45, 2.75) is 25.5 Å². The third-order valence-electron chi connectivity index (χ3n) is 3.93. The average Bonchev–Trinajstić information content (AvgIpc) is 2.49. The third-order valence-corrected chi connectivity index (χ3v) is 3.93. The molecule has 1 aliphatic rings. The van der Waals surface area contributed by atoms with Crippen LogP contribution in [0.3, 0.4) is 0 Å². The van der Waals surface area contributed by atoms with Crippen LogP contribution in [0.2, 0.25) is 0 Å². The van der Waals surface area contributed by atoms with Gasteiger partial charge >= 0.3 is 0 Å². The maximum atomic E-state index is 13.7. The number of fused-ring (bicyclic) bond motifs is 1. The van der Waals surface area contributed by atoms with Gasteiger partial charge in [-0.05, 0) is 30.2 Å². The van der Waals surface area contributed by atoms with E-state index in [1.165, 1.54) is 6.07 Å². The zero-order chi connectivity index (χ0) is 15.0. The van der Waals surface area contributed by atoms with Gasteiger partial charge in [0.25, 0.3) is 0 Å². The van der Waals surface area contributed by atoms with E-state index in [1.54, 1.807) is 20.1 Å². The molecular weight excluding hydrogens is 269 g/mol. The van der Waals surface area contributed by atoms with Crippen LogP contribution in [0.5, 0.6) is 11.5 Å². The van der Waals surface area contributed by atoms with Crippen LogP contribution in [-0.4, -0.2) is 7.11 Å². The molecule has 0 amide bonds. The molecule has 0 saturated heterocycles. The van der Waals surface area contributed by atoms with Crippen molar-refractivity contribution in [1.82, 2.24) is 0 Å². The predicted molar refractivity (Wildman–Crippen MR) is 79.0 cm³/mol. The second kappa shape index (κ2) is 5.37. The van der Waals surface area contributed by atoms with Crippen LogP contribution in [0.1, 0.15) is 35.3 Å². The van der Waals surface area contributed by atoms with Crippen molar-refractivity contribution in [2.24, 2.45) is 5.73 Å². The quantitative estimate of drug-likeness (QED) is 0.916. The maximum absolute atomic E-state index is 13.7. The molecule has 0 bridgehead atoms. The van der Waals surface area contributed by atoms with Crippen molar-refractivity contribution in [3.05, 3.63) is 58.9 Å². The van der Waals surface area contributed by atoms with Crippen LogP contribution in [0.25, 0.3) is 0 Å². The lowest BCUT2D eigenvalue weighted by Gasteiger charge is -2.31. The number of halogens is 1. The Morgan fingerprint density at radius 1 is 1.24 bits per heavy atom. The van der Waals surface area contributed by atoms with E-state index in [9.17, 15) is 4.39 Å². The summed E-state index contributed by atoms with van der Waals surface area (Å²) in [7, 11) is 1.61. The standard InChI is InChI=1S/C17H18FNO2/c1-10-3-4-11(7-14(10)18)16-9-15(19)13-6-5-12(20-2)8-17(13)21-16/h3-8,15-16H,9,19H2,1-2H3. The van der Waals surface area contributed by atoms with Crippen molar-refractivity contribution in [3.63, 3.8) is 0 Å². The number of hydrogen-bond acceptors (Lipinski definition) is 3. The zero-order valence-electron chi connectivity index (χ0n) is 12.1. The van der Waals surface area contributed by atoms with Gasteiger partial charge in [-0.25, -0.2) is 4.39 Å². The Morgan fingerprint density at radius 2 is 2.05 bits per heavy atom. The summed E-state index contributed by atoms with van der Waals surface area (Å²) in [4.78, 5) is 0. The summed E-state index contributed by atoms with van der Waals surface area (Å²) in [5.41, 5.74) is 8.61. The monoisotopic (exact) mass is 287 g/mol. The topological polar surface area (TPSA) is 44.5 Å². The number of hydrogen-bond donors (Lipinski definition) is 1. The van der Waals surface area contributed by atoms with Crippen molar-refractivity contribution >= 4 is 0 Å². The van der Waals surface area contributed by atoms with Crippen molar-refractivity contribution in [3.8, 4) is 11.5 Å². The summed E-state index contributed by atoms with van der Waals surface area (Å²) in [5.74, 6) is 1.21. The molecule has 2 aromatic carbocycles. The molecule has 2 atom stereocenters. The number of benzene rings is 2. The van der Waals surface area contributed by atoms with E-state index in [4.69, 9.17) is 15.2 Å². The van der Waals surface area contributed by atoms with E-state index in [0.29, 0.717) is 17.7 Å². The summed E-state index contributed by atoms with van der Waals surface area (Å²) in [5, 5.41) is 0. The van der Waals surface area contributed by atoms with Gasteiger partial charge in [0.2, 0.25) is 0 Å². The Morgan fingerprint density at radius 3 is 2.76 bits per heavy atom. The van der Waals surface area contributed by atoms with E-state index in [0.717, 1.165) is 16.9 Å². The highest BCUT2D eigenvalue weighted by molar-refractivity contribution is 5.44. The molecule has 2 unspecified atom stereocenters. The van der Waals surface area contributed by atoms with Crippen LogP contribution in [0.4, 0.5) is 4.39 Å². The molecule has 0 spiro atoms. The van der Waals surface area contributed by atoms with Gasteiger partial charge < -0.3 is 15.2 Å². The van der Waals surface area contributed by atoms with Gasteiger partial charge in [-0.3, -0.25) is 0 Å². The molecular formula is C17H18FNO2. The highest BCUT2D eigenvalue weighted by atomic mass is 19.1. The number of nitrogens with two attached hydrogens (primary N) is 1. The van der Waals surface area contributed by atoms with Crippen molar-refractivity contribution in [1.29, 1.82) is 0 Å². The molecule has 0 fully saturated rings. The Balaban J connectivity index is 1.94. The first-order chi connectivity index (χ1) is 10.1. The summed E-state index contributed by atoms with van der Waals surface area (Å²) in [6.45, 7) is 1.74. The Hall–Kier alpha value is -2.07. The van der Waals surface area contributed by atoms with Crippen LogP contribution < -0.4 is 15.2 Å². The van der Waals surface area contributed by atoms with Gasteiger partial charge in [-0.15, -0.1) is 0 Å². The molecule has 2 N–H and O–H groups in total. The molecule has 0 radical (unpaired) electrons. The van der Waals surface area contributed by atoms with Crippen LogP contribution >= 0.6 is 0 Å². The third kappa shape index (κ3) is 2.59. The van der Waals surface area contributed by atoms with Crippen LogP contribution in [-0.2, 0) is 0 Å². The van der Waals surface area contributed by atoms with E-state index in [1.807, 2.05) is 24.3 Å². The largest absolute Gasteiger partial charge is 0.497 e. The van der Waals surface area contributed by atoms with E-state index < -0.39 is 0 Å². The second-order valence-corrected chi connectivity index (χ2v) is 5.36.